The number of benzene rings is 3. The molecule has 1 heterocycles. The van der Waals surface area contributed by atoms with Crippen LogP contribution in [-0.4, -0.2) is 47.7 Å². The quantitative estimate of drug-likeness (QED) is 0.477. The molecule has 0 unspecified atom stereocenters. The Labute approximate surface area is 200 Å². The van der Waals surface area contributed by atoms with E-state index in [1.165, 1.54) is 0 Å². The summed E-state index contributed by atoms with van der Waals surface area (Å²) < 4.78 is 50.9. The van der Waals surface area contributed by atoms with Gasteiger partial charge in [-0.3, -0.25) is 0 Å². The maximum Gasteiger partial charge on any atom is 0.243 e. The van der Waals surface area contributed by atoms with E-state index in [1.807, 2.05) is 36.4 Å². The summed E-state index contributed by atoms with van der Waals surface area (Å²) in [7, 11) is 2.61. The number of hydrogen-bond donors (Lipinski definition) is 0. The molecule has 0 saturated heterocycles. The lowest BCUT2D eigenvalue weighted by Gasteiger charge is -2.37. The van der Waals surface area contributed by atoms with Crippen LogP contribution in [0.4, 0.5) is 0 Å². The van der Waals surface area contributed by atoms with Crippen molar-refractivity contribution in [3.8, 4) is 23.0 Å². The van der Waals surface area contributed by atoms with Crippen LogP contribution in [0.5, 0.6) is 23.0 Å². The third-order valence-electron chi connectivity index (χ3n) is 6.18. The second kappa shape index (κ2) is 9.95. The van der Waals surface area contributed by atoms with Crippen molar-refractivity contribution >= 4 is 10.0 Å². The molecule has 3 aromatic rings. The molecule has 180 valence electrons. The Hall–Kier alpha value is -3.23. The number of methoxy groups -OCH3 is 4. The van der Waals surface area contributed by atoms with E-state index in [0.717, 1.165) is 16.7 Å². The van der Waals surface area contributed by atoms with Gasteiger partial charge in [-0.05, 0) is 65.9 Å². The molecule has 0 saturated carbocycles. The summed E-state index contributed by atoms with van der Waals surface area (Å²) in [5.74, 6) is 2.42. The second-order valence-electron chi connectivity index (χ2n) is 7.99. The monoisotopic (exact) mass is 483 g/mol. The van der Waals surface area contributed by atoms with E-state index in [1.54, 1.807) is 57.0 Å². The van der Waals surface area contributed by atoms with Gasteiger partial charge in [0.15, 0.2) is 23.0 Å². The van der Waals surface area contributed by atoms with Crippen molar-refractivity contribution in [1.29, 1.82) is 0 Å². The first-order chi connectivity index (χ1) is 16.4. The lowest BCUT2D eigenvalue weighted by atomic mass is 9.89. The van der Waals surface area contributed by atoms with Crippen LogP contribution in [0.2, 0.25) is 0 Å². The van der Waals surface area contributed by atoms with E-state index in [9.17, 15) is 8.42 Å². The molecule has 1 aliphatic heterocycles. The fraction of sp³-hybridized carbons (Fsp3) is 0.308. The van der Waals surface area contributed by atoms with Crippen molar-refractivity contribution < 1.29 is 27.4 Å². The van der Waals surface area contributed by atoms with Gasteiger partial charge in [-0.15, -0.1) is 0 Å². The van der Waals surface area contributed by atoms with Crippen molar-refractivity contribution in [1.82, 2.24) is 4.31 Å². The molecule has 0 N–H and O–H groups in total. The van der Waals surface area contributed by atoms with Crippen LogP contribution in [-0.2, 0) is 22.9 Å². The van der Waals surface area contributed by atoms with Crippen LogP contribution < -0.4 is 18.9 Å². The molecule has 34 heavy (non-hydrogen) atoms. The third kappa shape index (κ3) is 4.43. The summed E-state index contributed by atoms with van der Waals surface area (Å²) in [5, 5.41) is 0. The second-order valence-corrected chi connectivity index (χ2v) is 9.88. The Morgan fingerprint density at radius 2 is 1.41 bits per heavy atom. The minimum absolute atomic E-state index is 0.274. The van der Waals surface area contributed by atoms with E-state index in [0.29, 0.717) is 42.4 Å². The maximum absolute atomic E-state index is 13.7. The van der Waals surface area contributed by atoms with Gasteiger partial charge in [0.05, 0.1) is 39.4 Å². The number of sulfonamides is 1. The molecule has 1 aliphatic rings. The molecule has 1 atom stereocenters. The topological polar surface area (TPSA) is 74.3 Å². The summed E-state index contributed by atoms with van der Waals surface area (Å²) in [6, 6.07) is 17.6. The number of rotatable bonds is 8. The van der Waals surface area contributed by atoms with Crippen LogP contribution in [0.15, 0.2) is 65.6 Å². The van der Waals surface area contributed by atoms with Gasteiger partial charge < -0.3 is 18.9 Å². The van der Waals surface area contributed by atoms with Gasteiger partial charge in [0.2, 0.25) is 10.0 Å². The molecule has 0 bridgehead atoms. The van der Waals surface area contributed by atoms with Crippen molar-refractivity contribution in [2.75, 3.05) is 35.0 Å². The van der Waals surface area contributed by atoms with E-state index >= 15 is 0 Å². The first-order valence-corrected chi connectivity index (χ1v) is 12.4. The normalized spacial score (nSPS) is 15.9. The van der Waals surface area contributed by atoms with Crippen LogP contribution >= 0.6 is 0 Å². The number of ether oxygens (including phenoxy) is 4. The van der Waals surface area contributed by atoms with Crippen molar-refractivity contribution in [2.24, 2.45) is 0 Å². The zero-order valence-electron chi connectivity index (χ0n) is 19.8. The molecule has 0 spiro atoms. The van der Waals surface area contributed by atoms with Gasteiger partial charge in [-0.2, -0.15) is 4.31 Å². The highest BCUT2D eigenvalue weighted by atomic mass is 32.2. The standard InChI is InChI=1S/C26H29NO6S/c1-30-23-11-10-18(15-24(23)31-2)14-22-21-17-26(33-4)25(32-3)16-19(21)12-13-27(22)34(28,29)20-8-6-5-7-9-20/h5-11,15-17,22H,12-14H2,1-4H3/t22-/m0/s1. The van der Waals surface area contributed by atoms with Crippen LogP contribution in [0.25, 0.3) is 0 Å². The summed E-state index contributed by atoms with van der Waals surface area (Å²) in [5.41, 5.74) is 2.87. The largest absolute Gasteiger partial charge is 0.493 e. The summed E-state index contributed by atoms with van der Waals surface area (Å²) in [4.78, 5) is 0.274. The summed E-state index contributed by atoms with van der Waals surface area (Å²) >= 11 is 0. The fourth-order valence-electron chi connectivity index (χ4n) is 4.46. The zero-order valence-corrected chi connectivity index (χ0v) is 20.6. The average Bonchev–Trinajstić information content (AvgIpc) is 2.88. The molecule has 0 radical (unpaired) electrons. The predicted octanol–water partition coefficient (Wildman–Crippen LogP) is 4.25. The van der Waals surface area contributed by atoms with Gasteiger partial charge in [0.25, 0.3) is 0 Å². The SMILES string of the molecule is COc1ccc(C[C@H]2c3cc(OC)c(OC)cc3CCN2S(=O)(=O)c2ccccc2)cc1OC. The van der Waals surface area contributed by atoms with Crippen molar-refractivity contribution in [2.45, 2.75) is 23.8 Å². The smallest absolute Gasteiger partial charge is 0.243 e. The van der Waals surface area contributed by atoms with Gasteiger partial charge in [0, 0.05) is 6.54 Å². The summed E-state index contributed by atoms with van der Waals surface area (Å²) in [6.07, 6.45) is 1.03. The lowest BCUT2D eigenvalue weighted by Crippen LogP contribution is -2.41. The first-order valence-electron chi connectivity index (χ1n) is 11.0. The highest BCUT2D eigenvalue weighted by Crippen LogP contribution is 2.42. The molecular formula is C26H29NO6S. The number of hydrogen-bond acceptors (Lipinski definition) is 6. The van der Waals surface area contributed by atoms with Crippen LogP contribution in [0, 0.1) is 0 Å². The Balaban J connectivity index is 1.83. The molecule has 4 rings (SSSR count). The minimum Gasteiger partial charge on any atom is -0.493 e. The van der Waals surface area contributed by atoms with E-state index in [4.69, 9.17) is 18.9 Å². The molecule has 7 nitrogen and oxygen atoms in total. The highest BCUT2D eigenvalue weighted by Gasteiger charge is 2.37. The highest BCUT2D eigenvalue weighted by molar-refractivity contribution is 7.89. The van der Waals surface area contributed by atoms with E-state index in [-0.39, 0.29) is 4.90 Å². The molecule has 0 amide bonds. The van der Waals surface area contributed by atoms with E-state index in [2.05, 4.69) is 0 Å². The minimum atomic E-state index is -3.73. The molecule has 0 fully saturated rings. The van der Waals surface area contributed by atoms with Gasteiger partial charge >= 0.3 is 0 Å². The Kier molecular flexibility index (Phi) is 7.00. The molecule has 8 heteroatoms. The van der Waals surface area contributed by atoms with Crippen LogP contribution in [0.3, 0.4) is 0 Å². The lowest BCUT2D eigenvalue weighted by molar-refractivity contribution is 0.300. The number of nitrogens with zero attached hydrogens (tertiary/aromatic N) is 1. The molecular weight excluding hydrogens is 454 g/mol. The maximum atomic E-state index is 13.7. The Morgan fingerprint density at radius 1 is 0.794 bits per heavy atom. The molecule has 0 aliphatic carbocycles. The molecule has 0 aromatic heterocycles. The Bertz CT molecular complexity index is 1260. The summed E-state index contributed by atoms with van der Waals surface area (Å²) in [6.45, 7) is 0.359. The fourth-order valence-corrected chi connectivity index (χ4v) is 6.09. The van der Waals surface area contributed by atoms with Crippen molar-refractivity contribution in [3.63, 3.8) is 0 Å². The average molecular weight is 484 g/mol. The first kappa shape index (κ1) is 23.9. The number of fused-ring (bicyclic) bond motifs is 1. The molecule has 3 aromatic carbocycles. The van der Waals surface area contributed by atoms with Gasteiger partial charge in [-0.1, -0.05) is 24.3 Å². The van der Waals surface area contributed by atoms with Gasteiger partial charge in [-0.25, -0.2) is 8.42 Å². The third-order valence-corrected chi connectivity index (χ3v) is 8.10. The predicted molar refractivity (Wildman–Crippen MR) is 130 cm³/mol. The Morgan fingerprint density at radius 3 is 2.06 bits per heavy atom. The zero-order chi connectivity index (χ0) is 24.3. The van der Waals surface area contributed by atoms with E-state index < -0.39 is 16.1 Å². The van der Waals surface area contributed by atoms with Gasteiger partial charge in [0.1, 0.15) is 0 Å². The van der Waals surface area contributed by atoms with Crippen molar-refractivity contribution in [3.05, 3.63) is 77.4 Å². The van der Waals surface area contributed by atoms with Crippen LogP contribution in [0.1, 0.15) is 22.7 Å².